The maximum atomic E-state index is 10.5. The van der Waals surface area contributed by atoms with Crippen molar-refractivity contribution in [2.75, 3.05) is 11.9 Å². The summed E-state index contributed by atoms with van der Waals surface area (Å²) < 4.78 is 0. The van der Waals surface area contributed by atoms with E-state index in [0.717, 1.165) is 0 Å². The molecular formula is C12H19N3O3. The van der Waals surface area contributed by atoms with E-state index in [1.807, 2.05) is 0 Å². The first-order chi connectivity index (χ1) is 8.34. The Balaban J connectivity index is 2.78. The molecule has 0 saturated heterocycles. The van der Waals surface area contributed by atoms with Crippen molar-refractivity contribution >= 4 is 11.5 Å². The number of nitro groups is 1. The highest BCUT2D eigenvalue weighted by Crippen LogP contribution is 2.25. The summed E-state index contributed by atoms with van der Waals surface area (Å²) in [6, 6.07) is 3.06. The number of aliphatic hydroxyl groups is 1. The maximum absolute atomic E-state index is 10.5. The van der Waals surface area contributed by atoms with Crippen molar-refractivity contribution in [2.24, 2.45) is 5.41 Å². The number of nitrogens with one attached hydrogen (secondary N) is 1. The molecule has 0 amide bonds. The Morgan fingerprint density at radius 2 is 2.17 bits per heavy atom. The molecule has 0 aliphatic heterocycles. The third kappa shape index (κ3) is 3.96. The van der Waals surface area contributed by atoms with Crippen LogP contribution >= 0.6 is 0 Å². The van der Waals surface area contributed by atoms with E-state index in [2.05, 4.69) is 31.1 Å². The molecule has 1 rings (SSSR count). The van der Waals surface area contributed by atoms with Gasteiger partial charge in [0.25, 0.3) is 0 Å². The zero-order chi connectivity index (χ0) is 13.8. The zero-order valence-electron chi connectivity index (χ0n) is 10.9. The fourth-order valence-electron chi connectivity index (χ4n) is 1.63. The second-order valence-corrected chi connectivity index (χ2v) is 5.24. The van der Waals surface area contributed by atoms with Crippen LogP contribution in [0.3, 0.4) is 0 Å². The van der Waals surface area contributed by atoms with Gasteiger partial charge in [-0.25, -0.2) is 0 Å². The third-order valence-corrected chi connectivity index (χ3v) is 2.74. The van der Waals surface area contributed by atoms with Crippen LogP contribution in [-0.4, -0.2) is 27.7 Å². The van der Waals surface area contributed by atoms with Crippen molar-refractivity contribution in [1.29, 1.82) is 0 Å². The van der Waals surface area contributed by atoms with Crippen molar-refractivity contribution in [3.8, 4) is 0 Å². The predicted molar refractivity (Wildman–Crippen MR) is 69.5 cm³/mol. The normalized spacial score (nSPS) is 13.1. The van der Waals surface area contributed by atoms with E-state index in [9.17, 15) is 10.1 Å². The predicted octanol–water partition coefficient (Wildman–Crippen LogP) is 2.20. The summed E-state index contributed by atoms with van der Waals surface area (Å²) in [6.45, 7) is 6.30. The van der Waals surface area contributed by atoms with Crippen LogP contribution in [0.4, 0.5) is 11.5 Å². The molecule has 6 heteroatoms. The van der Waals surface area contributed by atoms with Crippen molar-refractivity contribution < 1.29 is 10.0 Å². The van der Waals surface area contributed by atoms with E-state index in [1.165, 1.54) is 12.3 Å². The molecule has 0 saturated carbocycles. The minimum Gasteiger partial charge on any atom is -0.396 e. The summed E-state index contributed by atoms with van der Waals surface area (Å²) in [6.07, 6.45) is 2.05. The van der Waals surface area contributed by atoms with Crippen LogP contribution in [0, 0.1) is 15.5 Å². The van der Waals surface area contributed by atoms with Gasteiger partial charge in [0.1, 0.15) is 0 Å². The Hall–Kier alpha value is -1.69. The lowest BCUT2D eigenvalue weighted by molar-refractivity contribution is -0.389. The molecule has 100 valence electrons. The van der Waals surface area contributed by atoms with Gasteiger partial charge in [0.05, 0.1) is 5.69 Å². The Morgan fingerprint density at radius 1 is 1.50 bits per heavy atom. The highest BCUT2D eigenvalue weighted by molar-refractivity contribution is 5.44. The van der Waals surface area contributed by atoms with Crippen LogP contribution in [0.2, 0.25) is 0 Å². The Morgan fingerprint density at radius 3 is 2.56 bits per heavy atom. The van der Waals surface area contributed by atoms with Gasteiger partial charge in [-0.1, -0.05) is 20.8 Å². The number of aliphatic hydroxyl groups excluding tert-OH is 1. The van der Waals surface area contributed by atoms with E-state index in [1.54, 1.807) is 6.07 Å². The number of hydrogen-bond acceptors (Lipinski definition) is 5. The molecule has 0 fully saturated rings. The van der Waals surface area contributed by atoms with Gasteiger partial charge in [0.2, 0.25) is 0 Å². The minimum absolute atomic E-state index is 0.0233. The average Bonchev–Trinajstić information content (AvgIpc) is 2.28. The second-order valence-electron chi connectivity index (χ2n) is 5.24. The number of anilines is 1. The second kappa shape index (κ2) is 5.77. The van der Waals surface area contributed by atoms with Crippen molar-refractivity contribution in [2.45, 2.75) is 33.2 Å². The Kier molecular flexibility index (Phi) is 4.61. The van der Waals surface area contributed by atoms with Crippen LogP contribution in [-0.2, 0) is 0 Å². The standard InChI is InChI=1S/C12H19N3O3/c1-12(2,3)10(6-7-16)14-9-4-5-11(13-8-9)15(17)18/h4-5,8,10,14,16H,6-7H2,1-3H3. The fraction of sp³-hybridized carbons (Fsp3) is 0.583. The first-order valence-electron chi connectivity index (χ1n) is 5.82. The largest absolute Gasteiger partial charge is 0.396 e. The SMILES string of the molecule is CC(C)(C)C(CCO)Nc1ccc([N+](=O)[O-])nc1. The smallest absolute Gasteiger partial charge is 0.363 e. The van der Waals surface area contributed by atoms with E-state index in [4.69, 9.17) is 5.11 Å². The van der Waals surface area contributed by atoms with Crippen LogP contribution in [0.15, 0.2) is 18.3 Å². The minimum atomic E-state index is -0.529. The van der Waals surface area contributed by atoms with E-state index < -0.39 is 4.92 Å². The van der Waals surface area contributed by atoms with Crippen molar-refractivity contribution in [3.63, 3.8) is 0 Å². The number of rotatable bonds is 5. The molecule has 6 nitrogen and oxygen atoms in total. The highest BCUT2D eigenvalue weighted by atomic mass is 16.6. The molecule has 1 heterocycles. The van der Waals surface area contributed by atoms with Gasteiger partial charge in [0, 0.05) is 18.7 Å². The number of aromatic nitrogens is 1. The maximum Gasteiger partial charge on any atom is 0.363 e. The summed E-state index contributed by atoms with van der Waals surface area (Å²) in [5, 5.41) is 22.8. The van der Waals surface area contributed by atoms with Gasteiger partial charge in [0.15, 0.2) is 6.20 Å². The lowest BCUT2D eigenvalue weighted by Crippen LogP contribution is -2.34. The summed E-state index contributed by atoms with van der Waals surface area (Å²) in [7, 11) is 0. The Labute approximate surface area is 106 Å². The summed E-state index contributed by atoms with van der Waals surface area (Å²) in [4.78, 5) is 13.7. The summed E-state index contributed by atoms with van der Waals surface area (Å²) in [5.41, 5.74) is 0.693. The van der Waals surface area contributed by atoms with E-state index in [0.29, 0.717) is 12.1 Å². The topological polar surface area (TPSA) is 88.3 Å². The van der Waals surface area contributed by atoms with E-state index in [-0.39, 0.29) is 23.9 Å². The molecule has 2 N–H and O–H groups in total. The molecule has 1 atom stereocenters. The van der Waals surface area contributed by atoms with Gasteiger partial charge in [-0.3, -0.25) is 0 Å². The molecular weight excluding hydrogens is 234 g/mol. The lowest BCUT2D eigenvalue weighted by atomic mass is 9.85. The number of hydrogen-bond donors (Lipinski definition) is 2. The lowest BCUT2D eigenvalue weighted by Gasteiger charge is -2.31. The van der Waals surface area contributed by atoms with Gasteiger partial charge >= 0.3 is 5.82 Å². The van der Waals surface area contributed by atoms with Gasteiger partial charge in [-0.2, -0.15) is 0 Å². The van der Waals surface area contributed by atoms with E-state index >= 15 is 0 Å². The molecule has 0 bridgehead atoms. The van der Waals surface area contributed by atoms with Gasteiger partial charge in [-0.05, 0) is 27.8 Å². The number of nitrogens with zero attached hydrogens (tertiary/aromatic N) is 2. The monoisotopic (exact) mass is 253 g/mol. The van der Waals surface area contributed by atoms with Gasteiger partial charge < -0.3 is 20.5 Å². The van der Waals surface area contributed by atoms with Crippen LogP contribution < -0.4 is 5.32 Å². The third-order valence-electron chi connectivity index (χ3n) is 2.74. The average molecular weight is 253 g/mol. The Bertz CT molecular complexity index is 398. The molecule has 0 spiro atoms. The fourth-order valence-corrected chi connectivity index (χ4v) is 1.63. The number of pyridine rings is 1. The van der Waals surface area contributed by atoms with Crippen molar-refractivity contribution in [1.82, 2.24) is 4.98 Å². The van der Waals surface area contributed by atoms with Crippen LogP contribution in [0.1, 0.15) is 27.2 Å². The molecule has 0 aliphatic rings. The quantitative estimate of drug-likeness (QED) is 0.620. The van der Waals surface area contributed by atoms with Crippen LogP contribution in [0.25, 0.3) is 0 Å². The molecule has 0 radical (unpaired) electrons. The van der Waals surface area contributed by atoms with Crippen molar-refractivity contribution in [3.05, 3.63) is 28.4 Å². The molecule has 1 aromatic rings. The molecule has 0 aromatic carbocycles. The highest BCUT2D eigenvalue weighted by Gasteiger charge is 2.24. The molecule has 1 unspecified atom stereocenters. The molecule has 18 heavy (non-hydrogen) atoms. The molecule has 1 aromatic heterocycles. The first kappa shape index (κ1) is 14.4. The first-order valence-corrected chi connectivity index (χ1v) is 5.82. The van der Waals surface area contributed by atoms with Crippen LogP contribution in [0.5, 0.6) is 0 Å². The van der Waals surface area contributed by atoms with Gasteiger partial charge in [-0.15, -0.1) is 0 Å². The summed E-state index contributed by atoms with van der Waals surface area (Å²) in [5.74, 6) is -0.171. The summed E-state index contributed by atoms with van der Waals surface area (Å²) >= 11 is 0. The zero-order valence-corrected chi connectivity index (χ0v) is 10.9. The molecule has 0 aliphatic carbocycles.